The summed E-state index contributed by atoms with van der Waals surface area (Å²) in [5.74, 6) is -0.0617. The van der Waals surface area contributed by atoms with Crippen molar-refractivity contribution in [3.05, 3.63) is 22.6 Å². The zero-order valence-corrected chi connectivity index (χ0v) is 11.7. The minimum absolute atomic E-state index is 0.257. The van der Waals surface area contributed by atoms with E-state index in [1.807, 2.05) is 0 Å². The van der Waals surface area contributed by atoms with E-state index >= 15 is 0 Å². The summed E-state index contributed by atoms with van der Waals surface area (Å²) in [5.41, 5.74) is 3.54. The number of nitrogens with one attached hydrogen (secondary N) is 1. The van der Waals surface area contributed by atoms with E-state index in [4.69, 9.17) is 4.42 Å². The van der Waals surface area contributed by atoms with Gasteiger partial charge in [0.25, 0.3) is 0 Å². The molecule has 0 aliphatic rings. The van der Waals surface area contributed by atoms with Crippen LogP contribution in [0.1, 0.15) is 50.1 Å². The average molecular weight is 301 g/mol. The van der Waals surface area contributed by atoms with Gasteiger partial charge in [-0.05, 0) is 40.9 Å². The topological polar surface area (TPSA) is 54.6 Å². The standard InChI is InChI=1S/C12H17BrN2O2/c1-3-5-9(6-4-2)14-15-12(16)10-7-8-11(13)17-10/h7-8H,3-6H2,1-2H3,(H,15,16). The highest BCUT2D eigenvalue weighted by Gasteiger charge is 2.09. The summed E-state index contributed by atoms with van der Waals surface area (Å²) in [5, 5.41) is 4.13. The molecule has 1 amide bonds. The molecule has 0 radical (unpaired) electrons. The van der Waals surface area contributed by atoms with Crippen LogP contribution < -0.4 is 5.43 Å². The molecule has 94 valence electrons. The maximum absolute atomic E-state index is 11.6. The smallest absolute Gasteiger partial charge is 0.307 e. The molecule has 0 bridgehead atoms. The van der Waals surface area contributed by atoms with E-state index < -0.39 is 0 Å². The maximum Gasteiger partial charge on any atom is 0.307 e. The molecule has 1 aromatic rings. The Bertz CT molecular complexity index is 391. The largest absolute Gasteiger partial charge is 0.444 e. The Kier molecular flexibility index (Phi) is 5.97. The normalized spacial score (nSPS) is 10.1. The number of rotatable bonds is 6. The van der Waals surface area contributed by atoms with Gasteiger partial charge >= 0.3 is 5.91 Å². The monoisotopic (exact) mass is 300 g/mol. The number of furan rings is 1. The minimum atomic E-state index is -0.319. The first kappa shape index (κ1) is 14.0. The first-order valence-electron chi connectivity index (χ1n) is 5.78. The van der Waals surface area contributed by atoms with Gasteiger partial charge in [0.05, 0.1) is 0 Å². The van der Waals surface area contributed by atoms with Crippen molar-refractivity contribution in [3.63, 3.8) is 0 Å². The Hall–Kier alpha value is -1.10. The van der Waals surface area contributed by atoms with E-state index in [1.165, 1.54) is 0 Å². The predicted octanol–water partition coefficient (Wildman–Crippen LogP) is 3.73. The third kappa shape index (κ3) is 4.73. The van der Waals surface area contributed by atoms with Gasteiger partial charge in [-0.15, -0.1) is 0 Å². The molecule has 1 N–H and O–H groups in total. The van der Waals surface area contributed by atoms with Crippen molar-refractivity contribution in [1.29, 1.82) is 0 Å². The van der Waals surface area contributed by atoms with Gasteiger partial charge in [0.1, 0.15) is 0 Å². The fraction of sp³-hybridized carbons (Fsp3) is 0.500. The number of carbonyl (C=O) groups excluding carboxylic acids is 1. The van der Waals surface area contributed by atoms with E-state index in [-0.39, 0.29) is 11.7 Å². The molecule has 1 rings (SSSR count). The van der Waals surface area contributed by atoms with E-state index in [9.17, 15) is 4.79 Å². The second-order valence-corrected chi connectivity index (χ2v) is 4.50. The van der Waals surface area contributed by atoms with E-state index in [1.54, 1.807) is 12.1 Å². The molecule has 1 aromatic heterocycles. The SMILES string of the molecule is CCCC(CCC)=NNC(=O)c1ccc(Br)o1. The minimum Gasteiger partial charge on any atom is -0.444 e. The number of halogens is 1. The average Bonchev–Trinajstić information content (AvgIpc) is 2.73. The second-order valence-electron chi connectivity index (χ2n) is 3.72. The van der Waals surface area contributed by atoms with Gasteiger partial charge in [-0.2, -0.15) is 5.10 Å². The summed E-state index contributed by atoms with van der Waals surface area (Å²) in [4.78, 5) is 11.6. The summed E-state index contributed by atoms with van der Waals surface area (Å²) < 4.78 is 5.67. The van der Waals surface area contributed by atoms with Gasteiger partial charge in [-0.25, -0.2) is 5.43 Å². The van der Waals surface area contributed by atoms with Gasteiger partial charge in [0, 0.05) is 5.71 Å². The molecule has 0 unspecified atom stereocenters. The summed E-state index contributed by atoms with van der Waals surface area (Å²) in [6.45, 7) is 4.19. The molecular formula is C12H17BrN2O2. The van der Waals surface area contributed by atoms with Crippen LogP contribution in [0.4, 0.5) is 0 Å². The first-order chi connectivity index (χ1) is 8.17. The molecule has 0 spiro atoms. The number of nitrogens with zero attached hydrogens (tertiary/aromatic N) is 1. The fourth-order valence-electron chi connectivity index (χ4n) is 1.44. The molecule has 17 heavy (non-hydrogen) atoms. The lowest BCUT2D eigenvalue weighted by molar-refractivity contribution is 0.0925. The van der Waals surface area contributed by atoms with Gasteiger partial charge in [0.15, 0.2) is 10.4 Å². The fourth-order valence-corrected chi connectivity index (χ4v) is 1.74. The Morgan fingerprint density at radius 3 is 2.47 bits per heavy atom. The van der Waals surface area contributed by atoms with Crippen molar-refractivity contribution in [2.75, 3.05) is 0 Å². The summed E-state index contributed by atoms with van der Waals surface area (Å²) in [6.07, 6.45) is 3.88. The Balaban J connectivity index is 2.58. The lowest BCUT2D eigenvalue weighted by Gasteiger charge is -2.03. The van der Waals surface area contributed by atoms with Crippen LogP contribution in [-0.4, -0.2) is 11.6 Å². The Morgan fingerprint density at radius 2 is 2.00 bits per heavy atom. The zero-order valence-electron chi connectivity index (χ0n) is 10.1. The van der Waals surface area contributed by atoms with Crippen molar-refractivity contribution >= 4 is 27.5 Å². The molecule has 0 atom stereocenters. The number of hydrazone groups is 1. The second kappa shape index (κ2) is 7.27. The van der Waals surface area contributed by atoms with E-state index in [2.05, 4.69) is 40.3 Å². The summed E-state index contributed by atoms with van der Waals surface area (Å²) >= 11 is 3.15. The highest BCUT2D eigenvalue weighted by molar-refractivity contribution is 9.10. The van der Waals surface area contributed by atoms with Crippen LogP contribution in [0.2, 0.25) is 0 Å². The molecular weight excluding hydrogens is 284 g/mol. The highest BCUT2D eigenvalue weighted by Crippen LogP contribution is 2.13. The number of amides is 1. The summed E-state index contributed by atoms with van der Waals surface area (Å²) in [6, 6.07) is 3.28. The van der Waals surface area contributed by atoms with Crippen LogP contribution in [0.15, 0.2) is 26.3 Å². The van der Waals surface area contributed by atoms with Gasteiger partial charge in [0.2, 0.25) is 0 Å². The molecule has 0 saturated carbocycles. The van der Waals surface area contributed by atoms with Crippen LogP contribution in [0.5, 0.6) is 0 Å². The molecule has 0 saturated heterocycles. The molecule has 0 aliphatic heterocycles. The van der Waals surface area contributed by atoms with Crippen LogP contribution in [0, 0.1) is 0 Å². The molecule has 4 nitrogen and oxygen atoms in total. The van der Waals surface area contributed by atoms with Crippen LogP contribution >= 0.6 is 15.9 Å². The molecule has 0 aromatic carbocycles. The predicted molar refractivity (Wildman–Crippen MR) is 71.1 cm³/mol. The van der Waals surface area contributed by atoms with Crippen molar-refractivity contribution in [2.45, 2.75) is 39.5 Å². The number of hydrogen-bond donors (Lipinski definition) is 1. The third-order valence-electron chi connectivity index (χ3n) is 2.19. The van der Waals surface area contributed by atoms with Crippen LogP contribution in [0.25, 0.3) is 0 Å². The van der Waals surface area contributed by atoms with Crippen molar-refractivity contribution in [3.8, 4) is 0 Å². The van der Waals surface area contributed by atoms with Crippen molar-refractivity contribution < 1.29 is 9.21 Å². The van der Waals surface area contributed by atoms with Gasteiger partial charge < -0.3 is 4.42 Å². The summed E-state index contributed by atoms with van der Waals surface area (Å²) in [7, 11) is 0. The van der Waals surface area contributed by atoms with E-state index in [0.717, 1.165) is 31.4 Å². The van der Waals surface area contributed by atoms with E-state index in [0.29, 0.717) is 4.67 Å². The lowest BCUT2D eigenvalue weighted by atomic mass is 10.1. The Labute approximate surface area is 110 Å². The molecule has 5 heteroatoms. The molecule has 0 aliphatic carbocycles. The zero-order chi connectivity index (χ0) is 12.7. The first-order valence-corrected chi connectivity index (χ1v) is 6.57. The van der Waals surface area contributed by atoms with Crippen LogP contribution in [0.3, 0.4) is 0 Å². The molecule has 1 heterocycles. The van der Waals surface area contributed by atoms with Gasteiger partial charge in [-0.1, -0.05) is 26.7 Å². The third-order valence-corrected chi connectivity index (χ3v) is 2.62. The number of carbonyl (C=O) groups is 1. The highest BCUT2D eigenvalue weighted by atomic mass is 79.9. The lowest BCUT2D eigenvalue weighted by Crippen LogP contribution is -2.19. The quantitative estimate of drug-likeness (QED) is 0.643. The maximum atomic E-state index is 11.6. The number of hydrogen-bond acceptors (Lipinski definition) is 3. The van der Waals surface area contributed by atoms with Crippen LogP contribution in [-0.2, 0) is 0 Å². The van der Waals surface area contributed by atoms with Gasteiger partial charge in [-0.3, -0.25) is 4.79 Å². The van der Waals surface area contributed by atoms with Crippen molar-refractivity contribution in [2.24, 2.45) is 5.10 Å². The molecule has 0 fully saturated rings. The van der Waals surface area contributed by atoms with Crippen molar-refractivity contribution in [1.82, 2.24) is 5.43 Å². The Morgan fingerprint density at radius 1 is 1.35 bits per heavy atom.